The summed E-state index contributed by atoms with van der Waals surface area (Å²) < 4.78 is 67.7. The Hall–Kier alpha value is -6.13. The molecule has 0 atom stereocenters. The summed E-state index contributed by atoms with van der Waals surface area (Å²) in [7, 11) is -0.288. The fraction of sp³-hybridized carbons (Fsp3) is 0.231. The lowest BCUT2D eigenvalue weighted by Crippen LogP contribution is -2.48. The fourth-order valence-corrected chi connectivity index (χ4v) is 7.49. The zero-order chi connectivity index (χ0) is 38.9. The number of para-hydroxylation sites is 1. The van der Waals surface area contributed by atoms with Crippen molar-refractivity contribution in [3.8, 4) is 34.1 Å². The van der Waals surface area contributed by atoms with E-state index in [2.05, 4.69) is 27.4 Å². The molecule has 1 amide bonds. The first-order chi connectivity index (χ1) is 26.5. The number of hydrogen-bond donors (Lipinski definition) is 2. The number of nitrogens with one attached hydrogen (secondary N) is 2. The van der Waals surface area contributed by atoms with E-state index in [0.29, 0.717) is 72.3 Å². The number of nitrogens with zero attached hydrogens (tertiary/aromatic N) is 6. The van der Waals surface area contributed by atoms with Gasteiger partial charge in [0.15, 0.2) is 0 Å². The van der Waals surface area contributed by atoms with Gasteiger partial charge in [0, 0.05) is 55.9 Å². The second kappa shape index (κ2) is 15.3. The number of sulfonamides is 1. The molecule has 6 aromatic rings. The van der Waals surface area contributed by atoms with Crippen molar-refractivity contribution >= 4 is 44.6 Å². The van der Waals surface area contributed by atoms with Crippen LogP contribution in [0.4, 0.5) is 31.8 Å². The number of carbonyl (C=O) groups excluding carboxylic acids is 1. The number of pyridine rings is 1. The summed E-state index contributed by atoms with van der Waals surface area (Å²) in [4.78, 5) is 29.9. The zero-order valence-electron chi connectivity index (χ0n) is 30.5. The van der Waals surface area contributed by atoms with Gasteiger partial charge in [-0.25, -0.2) is 32.2 Å². The van der Waals surface area contributed by atoms with Crippen molar-refractivity contribution in [1.29, 1.82) is 0 Å². The molecular formula is C39H38F2N8O5S. The number of hydrogen-bond acceptors (Lipinski definition) is 10. The molecule has 16 heteroatoms. The molecule has 0 aliphatic carbocycles. The maximum atomic E-state index is 14.5. The standard InChI is InChI=1S/C39H38F2N8O5S/c1-5-24-22-30(33(54-3)23-31(24)47-17-19-48(20-18-47)55(4,51)52)44-39-42-15-14-29(43-39)37-35(45-34-11-6-7-16-49(34)37)25-12-13-32(53-2)26(21-25)38(50)46-36-27(40)9-8-10-28(36)41/h6-16,21-23H,5,17-20H2,1-4H3,(H,46,50)(H,42,43,44). The Balaban J connectivity index is 1.23. The number of imidazole rings is 1. The van der Waals surface area contributed by atoms with Crippen LogP contribution in [0.2, 0.25) is 0 Å². The van der Waals surface area contributed by atoms with Crippen molar-refractivity contribution < 1.29 is 31.5 Å². The number of aromatic nitrogens is 4. The first-order valence-electron chi connectivity index (χ1n) is 17.4. The molecular weight excluding hydrogens is 731 g/mol. The molecule has 284 valence electrons. The Morgan fingerprint density at radius 2 is 1.64 bits per heavy atom. The lowest BCUT2D eigenvalue weighted by Gasteiger charge is -2.36. The van der Waals surface area contributed by atoms with Gasteiger partial charge in [-0.1, -0.05) is 19.1 Å². The fourth-order valence-electron chi connectivity index (χ4n) is 6.66. The van der Waals surface area contributed by atoms with Gasteiger partial charge in [-0.2, -0.15) is 4.31 Å². The third-order valence-electron chi connectivity index (χ3n) is 9.42. The van der Waals surface area contributed by atoms with Crippen LogP contribution in [0.25, 0.3) is 28.3 Å². The minimum absolute atomic E-state index is 0.0373. The number of halogens is 2. The molecule has 2 N–H and O–H groups in total. The monoisotopic (exact) mass is 768 g/mol. The number of ether oxygens (including phenoxy) is 2. The van der Waals surface area contributed by atoms with Gasteiger partial charge in [-0.05, 0) is 66.6 Å². The van der Waals surface area contributed by atoms with E-state index in [-0.39, 0.29) is 17.3 Å². The Labute approximate surface area is 316 Å². The van der Waals surface area contributed by atoms with Crippen LogP contribution < -0.4 is 25.0 Å². The molecule has 1 aliphatic rings. The summed E-state index contributed by atoms with van der Waals surface area (Å²) in [6.45, 7) is 3.95. The summed E-state index contributed by atoms with van der Waals surface area (Å²) in [6.07, 6.45) is 5.41. The minimum atomic E-state index is -3.27. The molecule has 0 bridgehead atoms. The van der Waals surface area contributed by atoms with Crippen LogP contribution in [0.1, 0.15) is 22.8 Å². The molecule has 0 saturated carbocycles. The van der Waals surface area contributed by atoms with Crippen LogP contribution in [0, 0.1) is 11.6 Å². The summed E-state index contributed by atoms with van der Waals surface area (Å²) in [6, 6.07) is 19.4. The molecule has 3 aromatic carbocycles. The van der Waals surface area contributed by atoms with Crippen LogP contribution in [0.5, 0.6) is 11.5 Å². The van der Waals surface area contributed by atoms with Gasteiger partial charge in [-0.3, -0.25) is 9.20 Å². The second-order valence-electron chi connectivity index (χ2n) is 12.8. The molecule has 0 radical (unpaired) electrons. The van der Waals surface area contributed by atoms with Crippen LogP contribution in [0.3, 0.4) is 0 Å². The number of rotatable bonds is 11. The van der Waals surface area contributed by atoms with E-state index in [9.17, 15) is 22.0 Å². The second-order valence-corrected chi connectivity index (χ2v) is 14.8. The Bertz CT molecular complexity index is 2500. The van der Waals surface area contributed by atoms with E-state index in [4.69, 9.17) is 19.4 Å². The Morgan fingerprint density at radius 3 is 2.33 bits per heavy atom. The number of carbonyl (C=O) groups is 1. The predicted octanol–water partition coefficient (Wildman–Crippen LogP) is 6.39. The molecule has 13 nitrogen and oxygen atoms in total. The normalized spacial score (nSPS) is 13.5. The van der Waals surface area contributed by atoms with Crippen molar-refractivity contribution in [3.05, 3.63) is 108 Å². The van der Waals surface area contributed by atoms with E-state index < -0.39 is 33.3 Å². The average molecular weight is 769 g/mol. The lowest BCUT2D eigenvalue weighted by atomic mass is 10.0. The quantitative estimate of drug-likeness (QED) is 0.152. The van der Waals surface area contributed by atoms with Crippen LogP contribution in [-0.4, -0.2) is 84.6 Å². The summed E-state index contributed by atoms with van der Waals surface area (Å²) in [5.41, 5.74) is 4.84. The van der Waals surface area contributed by atoms with Crippen molar-refractivity contribution in [1.82, 2.24) is 23.7 Å². The van der Waals surface area contributed by atoms with Gasteiger partial charge in [0.05, 0.1) is 48.8 Å². The third kappa shape index (κ3) is 7.50. The van der Waals surface area contributed by atoms with Gasteiger partial charge in [-0.15, -0.1) is 0 Å². The maximum Gasteiger partial charge on any atom is 0.259 e. The number of aryl methyl sites for hydroxylation is 1. The smallest absolute Gasteiger partial charge is 0.259 e. The highest BCUT2D eigenvalue weighted by Crippen LogP contribution is 2.38. The lowest BCUT2D eigenvalue weighted by molar-refractivity contribution is 0.102. The van der Waals surface area contributed by atoms with E-state index in [1.807, 2.05) is 40.9 Å². The van der Waals surface area contributed by atoms with Crippen molar-refractivity contribution in [2.45, 2.75) is 13.3 Å². The zero-order valence-corrected chi connectivity index (χ0v) is 31.3. The van der Waals surface area contributed by atoms with Crippen molar-refractivity contribution in [3.63, 3.8) is 0 Å². The maximum absolute atomic E-state index is 14.5. The number of anilines is 4. The topological polar surface area (TPSA) is 143 Å². The molecule has 1 fully saturated rings. The van der Waals surface area contributed by atoms with Crippen LogP contribution in [-0.2, 0) is 16.4 Å². The van der Waals surface area contributed by atoms with Gasteiger partial charge >= 0.3 is 0 Å². The molecule has 0 unspecified atom stereocenters. The average Bonchev–Trinajstić information content (AvgIpc) is 3.58. The van der Waals surface area contributed by atoms with E-state index in [1.165, 1.54) is 23.7 Å². The third-order valence-corrected chi connectivity index (χ3v) is 10.7. The van der Waals surface area contributed by atoms with Gasteiger partial charge in [0.25, 0.3) is 5.91 Å². The Morgan fingerprint density at radius 1 is 0.891 bits per heavy atom. The van der Waals surface area contributed by atoms with E-state index in [0.717, 1.165) is 23.4 Å². The molecule has 0 spiro atoms. The van der Waals surface area contributed by atoms with Gasteiger partial charge in [0.1, 0.15) is 34.5 Å². The number of piperazine rings is 1. The summed E-state index contributed by atoms with van der Waals surface area (Å²) in [5, 5.41) is 5.66. The molecule has 1 saturated heterocycles. The van der Waals surface area contributed by atoms with Gasteiger partial charge < -0.3 is 25.0 Å². The number of benzene rings is 3. The summed E-state index contributed by atoms with van der Waals surface area (Å²) >= 11 is 0. The molecule has 4 heterocycles. The molecule has 55 heavy (non-hydrogen) atoms. The highest BCUT2D eigenvalue weighted by Gasteiger charge is 2.26. The van der Waals surface area contributed by atoms with Crippen LogP contribution in [0.15, 0.2) is 85.2 Å². The largest absolute Gasteiger partial charge is 0.496 e. The number of fused-ring (bicyclic) bond motifs is 1. The number of amides is 1. The van der Waals surface area contributed by atoms with Crippen LogP contribution >= 0.6 is 0 Å². The summed E-state index contributed by atoms with van der Waals surface area (Å²) in [5.74, 6) is -1.57. The first kappa shape index (κ1) is 37.2. The molecule has 1 aliphatic heterocycles. The predicted molar refractivity (Wildman–Crippen MR) is 207 cm³/mol. The minimum Gasteiger partial charge on any atom is -0.496 e. The van der Waals surface area contributed by atoms with E-state index in [1.54, 1.807) is 37.6 Å². The molecule has 3 aromatic heterocycles. The highest BCUT2D eigenvalue weighted by molar-refractivity contribution is 7.88. The SMILES string of the molecule is CCc1cc(Nc2nccc(-c3c(-c4ccc(OC)c(C(=O)Nc5c(F)cccc5F)c4)nc4ccccn34)n2)c(OC)cc1N1CCN(S(C)(=O)=O)CC1. The number of methoxy groups -OCH3 is 2. The Kier molecular flexibility index (Phi) is 10.4. The van der Waals surface area contributed by atoms with Crippen molar-refractivity contribution in [2.75, 3.05) is 62.2 Å². The van der Waals surface area contributed by atoms with Crippen molar-refractivity contribution in [2.24, 2.45) is 0 Å². The van der Waals surface area contributed by atoms with Gasteiger partial charge in [0.2, 0.25) is 16.0 Å². The first-order valence-corrected chi connectivity index (χ1v) is 19.3. The molecule has 7 rings (SSSR count). The van der Waals surface area contributed by atoms with E-state index >= 15 is 0 Å². The highest BCUT2D eigenvalue weighted by atomic mass is 32.2.